The van der Waals surface area contributed by atoms with Gasteiger partial charge in [0.2, 0.25) is 0 Å². The third-order valence-electron chi connectivity index (χ3n) is 6.53. The highest BCUT2D eigenvalue weighted by Crippen LogP contribution is 2.49. The average molecular weight is 429 g/mol. The smallest absolute Gasteiger partial charge is 0.344 e. The summed E-state index contributed by atoms with van der Waals surface area (Å²) >= 11 is 0. The molecule has 4 heteroatoms. The first kappa shape index (κ1) is 21.8. The Kier molecular flexibility index (Phi) is 6.13. The lowest BCUT2D eigenvalue weighted by molar-refractivity contribution is 0.0587. The Balaban J connectivity index is 1.60. The van der Waals surface area contributed by atoms with Crippen LogP contribution in [0.4, 0.5) is 0 Å². The number of hydrogen-bond acceptors (Lipinski definition) is 4. The normalized spacial score (nSPS) is 20.0. The molecule has 0 amide bonds. The van der Waals surface area contributed by atoms with Gasteiger partial charge >= 0.3 is 11.9 Å². The number of esters is 2. The van der Waals surface area contributed by atoms with Gasteiger partial charge in [0.15, 0.2) is 0 Å². The molecular formula is C28H28O4. The topological polar surface area (TPSA) is 52.6 Å². The zero-order valence-corrected chi connectivity index (χ0v) is 18.8. The van der Waals surface area contributed by atoms with Crippen LogP contribution in [-0.4, -0.2) is 19.0 Å². The van der Waals surface area contributed by atoms with E-state index < -0.39 is 11.9 Å². The summed E-state index contributed by atoms with van der Waals surface area (Å²) in [5.74, 6) is -0.0445. The lowest BCUT2D eigenvalue weighted by atomic mass is 9.72. The second-order valence-electron chi connectivity index (χ2n) is 8.75. The first-order valence-corrected chi connectivity index (χ1v) is 11.0. The van der Waals surface area contributed by atoms with Crippen molar-refractivity contribution in [2.75, 3.05) is 7.11 Å². The van der Waals surface area contributed by atoms with E-state index in [1.54, 1.807) is 24.3 Å². The zero-order chi connectivity index (χ0) is 22.7. The molecule has 4 rings (SSSR count). The van der Waals surface area contributed by atoms with Gasteiger partial charge in [0.1, 0.15) is 5.75 Å². The maximum Gasteiger partial charge on any atom is 0.344 e. The number of ether oxygens (including phenoxy) is 2. The first-order chi connectivity index (χ1) is 15.4. The van der Waals surface area contributed by atoms with E-state index in [2.05, 4.69) is 50.2 Å². The van der Waals surface area contributed by atoms with Gasteiger partial charge in [0.05, 0.1) is 18.2 Å². The summed E-state index contributed by atoms with van der Waals surface area (Å²) in [6.07, 6.45) is 3.39. The Morgan fingerprint density at radius 3 is 1.94 bits per heavy atom. The summed E-state index contributed by atoms with van der Waals surface area (Å²) in [5.41, 5.74) is 4.18. The van der Waals surface area contributed by atoms with Crippen molar-refractivity contribution in [2.24, 2.45) is 5.92 Å². The van der Waals surface area contributed by atoms with Crippen molar-refractivity contribution < 1.29 is 19.1 Å². The molecule has 3 aromatic carbocycles. The van der Waals surface area contributed by atoms with Gasteiger partial charge in [-0.15, -0.1) is 0 Å². The molecule has 0 saturated heterocycles. The number of carbonyl (C=O) groups excluding carboxylic acids is 2. The summed E-state index contributed by atoms with van der Waals surface area (Å²) in [6.45, 7) is 4.42. The van der Waals surface area contributed by atoms with Crippen LogP contribution in [0.1, 0.15) is 63.6 Å². The number of benzene rings is 3. The largest absolute Gasteiger partial charge is 0.465 e. The molecule has 1 aliphatic carbocycles. The van der Waals surface area contributed by atoms with Crippen LogP contribution in [-0.2, 0) is 10.2 Å². The molecule has 0 bridgehead atoms. The van der Waals surface area contributed by atoms with Crippen LogP contribution >= 0.6 is 0 Å². The number of hydrogen-bond donors (Lipinski definition) is 0. The molecule has 1 saturated carbocycles. The Hall–Kier alpha value is -3.40. The second-order valence-corrected chi connectivity index (χ2v) is 8.75. The summed E-state index contributed by atoms with van der Waals surface area (Å²) in [7, 11) is 1.29. The molecule has 0 N–H and O–H groups in total. The van der Waals surface area contributed by atoms with Gasteiger partial charge in [-0.25, -0.2) is 9.59 Å². The molecule has 2 atom stereocenters. The second kappa shape index (κ2) is 8.99. The summed E-state index contributed by atoms with van der Waals surface area (Å²) in [6, 6.07) is 23.1. The Morgan fingerprint density at radius 2 is 1.41 bits per heavy atom. The highest BCUT2D eigenvalue weighted by atomic mass is 16.5. The SMILES string of the molecule is COC(=O)c1ccccc1C(=O)Oc1ccc(C2(c3ccc(C)cc3)CCC(C)C2)cc1. The van der Waals surface area contributed by atoms with Crippen molar-refractivity contribution in [3.63, 3.8) is 0 Å². The molecule has 0 heterocycles. The van der Waals surface area contributed by atoms with Crippen LogP contribution in [0.25, 0.3) is 0 Å². The molecule has 32 heavy (non-hydrogen) atoms. The Bertz CT molecular complexity index is 1110. The van der Waals surface area contributed by atoms with E-state index in [4.69, 9.17) is 9.47 Å². The predicted octanol–water partition coefficient (Wildman–Crippen LogP) is 6.11. The van der Waals surface area contributed by atoms with Crippen molar-refractivity contribution >= 4 is 11.9 Å². The van der Waals surface area contributed by atoms with Crippen LogP contribution in [0.2, 0.25) is 0 Å². The standard InChI is InChI=1S/C28H28O4/c1-19-8-10-21(11-9-19)28(17-16-20(2)18-28)22-12-14-23(15-13-22)32-27(30)25-7-5-4-6-24(25)26(29)31-3/h4-15,20H,16-18H2,1-3H3. The average Bonchev–Trinajstić information content (AvgIpc) is 3.22. The third-order valence-corrected chi connectivity index (χ3v) is 6.53. The summed E-state index contributed by atoms with van der Waals surface area (Å²) < 4.78 is 10.4. The van der Waals surface area contributed by atoms with Crippen LogP contribution in [0, 0.1) is 12.8 Å². The molecule has 4 nitrogen and oxygen atoms in total. The molecule has 164 valence electrons. The quantitative estimate of drug-likeness (QED) is 0.364. The first-order valence-electron chi connectivity index (χ1n) is 11.0. The van der Waals surface area contributed by atoms with Gasteiger partial charge < -0.3 is 9.47 Å². The van der Waals surface area contributed by atoms with E-state index in [0.29, 0.717) is 11.7 Å². The number of aryl methyl sites for hydroxylation is 1. The fourth-order valence-corrected chi connectivity index (χ4v) is 4.81. The van der Waals surface area contributed by atoms with Gasteiger partial charge in [-0.05, 0) is 67.5 Å². The molecule has 1 fully saturated rings. The summed E-state index contributed by atoms with van der Waals surface area (Å²) in [4.78, 5) is 24.7. The van der Waals surface area contributed by atoms with Crippen molar-refractivity contribution in [1.82, 2.24) is 0 Å². The third kappa shape index (κ3) is 4.18. The van der Waals surface area contributed by atoms with E-state index in [0.717, 1.165) is 12.8 Å². The predicted molar refractivity (Wildman–Crippen MR) is 124 cm³/mol. The van der Waals surface area contributed by atoms with Gasteiger partial charge in [-0.2, -0.15) is 0 Å². The Morgan fingerprint density at radius 1 is 0.844 bits per heavy atom. The molecule has 2 unspecified atom stereocenters. The van der Waals surface area contributed by atoms with Crippen LogP contribution in [0.15, 0.2) is 72.8 Å². The van der Waals surface area contributed by atoms with E-state index in [1.807, 2.05) is 12.1 Å². The Labute approximate surface area is 189 Å². The number of methoxy groups -OCH3 is 1. The molecule has 0 aliphatic heterocycles. The van der Waals surface area contributed by atoms with Crippen molar-refractivity contribution in [2.45, 2.75) is 38.5 Å². The molecule has 0 radical (unpaired) electrons. The van der Waals surface area contributed by atoms with E-state index >= 15 is 0 Å². The number of carbonyl (C=O) groups is 2. The van der Waals surface area contributed by atoms with Crippen LogP contribution in [0.5, 0.6) is 5.75 Å². The van der Waals surface area contributed by atoms with Crippen molar-refractivity contribution in [3.05, 3.63) is 101 Å². The highest BCUT2D eigenvalue weighted by molar-refractivity contribution is 6.03. The monoisotopic (exact) mass is 428 g/mol. The van der Waals surface area contributed by atoms with Gasteiger partial charge in [0, 0.05) is 5.41 Å². The van der Waals surface area contributed by atoms with E-state index in [9.17, 15) is 9.59 Å². The maximum atomic E-state index is 12.7. The fourth-order valence-electron chi connectivity index (χ4n) is 4.81. The highest BCUT2D eigenvalue weighted by Gasteiger charge is 2.40. The van der Waals surface area contributed by atoms with Gasteiger partial charge in [-0.1, -0.05) is 61.0 Å². The molecule has 0 aromatic heterocycles. The molecule has 3 aromatic rings. The van der Waals surface area contributed by atoms with Crippen molar-refractivity contribution in [3.8, 4) is 5.75 Å². The van der Waals surface area contributed by atoms with Crippen molar-refractivity contribution in [1.29, 1.82) is 0 Å². The van der Waals surface area contributed by atoms with E-state index in [1.165, 1.54) is 30.2 Å². The van der Waals surface area contributed by atoms with Crippen LogP contribution < -0.4 is 4.74 Å². The minimum absolute atomic E-state index is 0.0207. The molecule has 0 spiro atoms. The zero-order valence-electron chi connectivity index (χ0n) is 18.8. The van der Waals surface area contributed by atoms with Crippen LogP contribution in [0.3, 0.4) is 0 Å². The van der Waals surface area contributed by atoms with Gasteiger partial charge in [0.25, 0.3) is 0 Å². The summed E-state index contributed by atoms with van der Waals surface area (Å²) in [5, 5.41) is 0. The minimum atomic E-state index is -0.582. The minimum Gasteiger partial charge on any atom is -0.465 e. The lowest BCUT2D eigenvalue weighted by Gasteiger charge is -2.31. The number of rotatable bonds is 5. The molecule has 1 aliphatic rings. The van der Waals surface area contributed by atoms with E-state index in [-0.39, 0.29) is 16.5 Å². The van der Waals surface area contributed by atoms with Gasteiger partial charge in [-0.3, -0.25) is 0 Å². The fraction of sp³-hybridized carbons (Fsp3) is 0.286. The lowest BCUT2D eigenvalue weighted by Crippen LogP contribution is -2.24. The maximum absolute atomic E-state index is 12.7. The molecular weight excluding hydrogens is 400 g/mol.